The van der Waals surface area contributed by atoms with Crippen molar-refractivity contribution in [3.8, 4) is 0 Å². The SMILES string of the molecule is Cl.NC1CCC(C(=O)NC2CCN(C(=O)CCc3ccccc3)C2)C1. The number of nitrogens with zero attached hydrogens (tertiary/aromatic N) is 1. The number of amides is 2. The Labute approximate surface area is 155 Å². The molecule has 1 heterocycles. The van der Waals surface area contributed by atoms with Crippen molar-refractivity contribution in [2.24, 2.45) is 11.7 Å². The molecule has 1 saturated carbocycles. The fourth-order valence-corrected chi connectivity index (χ4v) is 3.73. The van der Waals surface area contributed by atoms with Gasteiger partial charge in [-0.1, -0.05) is 30.3 Å². The maximum atomic E-state index is 12.3. The number of hydrogen-bond donors (Lipinski definition) is 2. The highest BCUT2D eigenvalue weighted by Crippen LogP contribution is 2.24. The molecule has 3 N–H and O–H groups in total. The van der Waals surface area contributed by atoms with E-state index in [1.165, 1.54) is 5.56 Å². The molecule has 2 amide bonds. The molecule has 3 atom stereocenters. The van der Waals surface area contributed by atoms with Gasteiger partial charge in [-0.15, -0.1) is 12.4 Å². The molecule has 2 aliphatic rings. The maximum Gasteiger partial charge on any atom is 0.223 e. The normalized spacial score (nSPS) is 25.5. The van der Waals surface area contributed by atoms with Gasteiger partial charge >= 0.3 is 0 Å². The fraction of sp³-hybridized carbons (Fsp3) is 0.579. The second kappa shape index (κ2) is 9.20. The summed E-state index contributed by atoms with van der Waals surface area (Å²) >= 11 is 0. The van der Waals surface area contributed by atoms with Crippen molar-refractivity contribution in [2.45, 2.75) is 50.6 Å². The lowest BCUT2D eigenvalue weighted by Crippen LogP contribution is -2.41. The van der Waals surface area contributed by atoms with Crippen LogP contribution in [0.4, 0.5) is 0 Å². The molecule has 0 radical (unpaired) electrons. The third-order valence-electron chi connectivity index (χ3n) is 5.20. The lowest BCUT2D eigenvalue weighted by Gasteiger charge is -2.18. The molecule has 1 aliphatic heterocycles. The summed E-state index contributed by atoms with van der Waals surface area (Å²) in [5, 5.41) is 3.11. The molecule has 5 nitrogen and oxygen atoms in total. The molecular weight excluding hydrogens is 338 g/mol. The molecule has 138 valence electrons. The van der Waals surface area contributed by atoms with E-state index >= 15 is 0 Å². The van der Waals surface area contributed by atoms with Gasteiger partial charge in [-0.05, 0) is 37.7 Å². The predicted octanol–water partition coefficient (Wildman–Crippen LogP) is 1.89. The van der Waals surface area contributed by atoms with Crippen LogP contribution in [0.1, 0.15) is 37.7 Å². The van der Waals surface area contributed by atoms with Crippen LogP contribution >= 0.6 is 12.4 Å². The Morgan fingerprint density at radius 3 is 2.60 bits per heavy atom. The van der Waals surface area contributed by atoms with Crippen LogP contribution in [0, 0.1) is 5.92 Å². The first-order valence-corrected chi connectivity index (χ1v) is 8.99. The van der Waals surface area contributed by atoms with E-state index < -0.39 is 0 Å². The van der Waals surface area contributed by atoms with E-state index in [0.717, 1.165) is 38.6 Å². The van der Waals surface area contributed by atoms with Crippen molar-refractivity contribution in [3.05, 3.63) is 35.9 Å². The molecule has 6 heteroatoms. The van der Waals surface area contributed by atoms with Crippen molar-refractivity contribution < 1.29 is 9.59 Å². The van der Waals surface area contributed by atoms with Gasteiger partial charge in [-0.25, -0.2) is 0 Å². The zero-order valence-electron chi connectivity index (χ0n) is 14.5. The summed E-state index contributed by atoms with van der Waals surface area (Å²) in [6.45, 7) is 1.38. The van der Waals surface area contributed by atoms with Crippen LogP contribution in [-0.2, 0) is 16.0 Å². The number of aryl methyl sites for hydroxylation is 1. The van der Waals surface area contributed by atoms with E-state index in [4.69, 9.17) is 5.73 Å². The Kier molecular flexibility index (Phi) is 7.26. The maximum absolute atomic E-state index is 12.3. The van der Waals surface area contributed by atoms with Crippen LogP contribution in [-0.4, -0.2) is 41.9 Å². The van der Waals surface area contributed by atoms with Gasteiger partial charge in [-0.3, -0.25) is 9.59 Å². The zero-order chi connectivity index (χ0) is 16.9. The number of benzene rings is 1. The van der Waals surface area contributed by atoms with Gasteiger partial charge in [-0.2, -0.15) is 0 Å². The monoisotopic (exact) mass is 365 g/mol. The highest BCUT2D eigenvalue weighted by Gasteiger charge is 2.32. The molecule has 0 aromatic heterocycles. The van der Waals surface area contributed by atoms with Crippen LogP contribution < -0.4 is 11.1 Å². The third kappa shape index (κ3) is 5.44. The van der Waals surface area contributed by atoms with Crippen molar-refractivity contribution in [1.29, 1.82) is 0 Å². The second-order valence-electron chi connectivity index (χ2n) is 7.09. The molecule has 0 bridgehead atoms. The number of nitrogens with one attached hydrogen (secondary N) is 1. The Hall–Kier alpha value is -1.59. The first kappa shape index (κ1) is 19.7. The lowest BCUT2D eigenvalue weighted by molar-refractivity contribution is -0.130. The Morgan fingerprint density at radius 1 is 1.16 bits per heavy atom. The first-order valence-electron chi connectivity index (χ1n) is 8.99. The van der Waals surface area contributed by atoms with Crippen LogP contribution in [0.3, 0.4) is 0 Å². The second-order valence-corrected chi connectivity index (χ2v) is 7.09. The van der Waals surface area contributed by atoms with Crippen molar-refractivity contribution >= 4 is 24.2 Å². The van der Waals surface area contributed by atoms with E-state index in [1.54, 1.807) is 0 Å². The van der Waals surface area contributed by atoms with Gasteiger partial charge in [0.25, 0.3) is 0 Å². The number of rotatable bonds is 5. The first-order chi connectivity index (χ1) is 11.6. The summed E-state index contributed by atoms with van der Waals surface area (Å²) in [5.41, 5.74) is 7.07. The van der Waals surface area contributed by atoms with Gasteiger partial charge in [0.15, 0.2) is 0 Å². The van der Waals surface area contributed by atoms with Crippen molar-refractivity contribution in [3.63, 3.8) is 0 Å². The van der Waals surface area contributed by atoms with E-state index in [0.29, 0.717) is 13.0 Å². The van der Waals surface area contributed by atoms with Gasteiger partial charge in [0.1, 0.15) is 0 Å². The summed E-state index contributed by atoms with van der Waals surface area (Å²) in [7, 11) is 0. The highest BCUT2D eigenvalue weighted by atomic mass is 35.5. The molecular formula is C19H28ClN3O2. The summed E-state index contributed by atoms with van der Waals surface area (Å²) in [5.74, 6) is 0.354. The van der Waals surface area contributed by atoms with Gasteiger partial charge in [0.05, 0.1) is 0 Å². The molecule has 1 saturated heterocycles. The van der Waals surface area contributed by atoms with E-state index in [2.05, 4.69) is 5.32 Å². The number of carbonyl (C=O) groups is 2. The highest BCUT2D eigenvalue weighted by molar-refractivity contribution is 5.85. The Bertz CT molecular complexity index is 581. The van der Waals surface area contributed by atoms with Crippen molar-refractivity contribution in [1.82, 2.24) is 10.2 Å². The lowest BCUT2D eigenvalue weighted by atomic mass is 10.1. The van der Waals surface area contributed by atoms with Gasteiger partial charge in [0.2, 0.25) is 11.8 Å². The standard InChI is InChI=1S/C19H27N3O2.ClH/c20-16-8-7-15(12-16)19(24)21-17-10-11-22(13-17)18(23)9-6-14-4-2-1-3-5-14;/h1-5,15-17H,6-13,20H2,(H,21,24);1H. The molecule has 3 rings (SSSR count). The minimum absolute atomic E-state index is 0. The smallest absolute Gasteiger partial charge is 0.223 e. The molecule has 3 unspecified atom stereocenters. The van der Waals surface area contributed by atoms with E-state index in [9.17, 15) is 9.59 Å². The molecule has 1 aromatic rings. The van der Waals surface area contributed by atoms with Gasteiger partial charge < -0.3 is 16.0 Å². The minimum Gasteiger partial charge on any atom is -0.351 e. The average Bonchev–Trinajstić information content (AvgIpc) is 3.23. The number of nitrogens with two attached hydrogens (primary N) is 1. The molecule has 25 heavy (non-hydrogen) atoms. The molecule has 1 aliphatic carbocycles. The van der Waals surface area contributed by atoms with Crippen LogP contribution in [0.2, 0.25) is 0 Å². The average molecular weight is 366 g/mol. The number of halogens is 1. The van der Waals surface area contributed by atoms with E-state index in [1.807, 2.05) is 35.2 Å². The Morgan fingerprint density at radius 2 is 1.92 bits per heavy atom. The third-order valence-corrected chi connectivity index (χ3v) is 5.20. The molecule has 0 spiro atoms. The molecule has 1 aromatic carbocycles. The largest absolute Gasteiger partial charge is 0.351 e. The fourth-order valence-electron chi connectivity index (χ4n) is 3.73. The zero-order valence-corrected chi connectivity index (χ0v) is 15.3. The van der Waals surface area contributed by atoms with Crippen molar-refractivity contribution in [2.75, 3.05) is 13.1 Å². The summed E-state index contributed by atoms with van der Waals surface area (Å²) in [4.78, 5) is 26.5. The minimum atomic E-state index is 0. The van der Waals surface area contributed by atoms with E-state index in [-0.39, 0.29) is 42.2 Å². The number of likely N-dealkylation sites (tertiary alicyclic amines) is 1. The summed E-state index contributed by atoms with van der Waals surface area (Å²) in [6.07, 6.45) is 4.77. The summed E-state index contributed by atoms with van der Waals surface area (Å²) < 4.78 is 0. The Balaban J connectivity index is 0.00000225. The van der Waals surface area contributed by atoms with Gasteiger partial charge in [0, 0.05) is 37.5 Å². The molecule has 2 fully saturated rings. The van der Waals surface area contributed by atoms with Crippen LogP contribution in [0.5, 0.6) is 0 Å². The van der Waals surface area contributed by atoms with Crippen LogP contribution in [0.15, 0.2) is 30.3 Å². The van der Waals surface area contributed by atoms with Crippen LogP contribution in [0.25, 0.3) is 0 Å². The number of hydrogen-bond acceptors (Lipinski definition) is 3. The number of carbonyl (C=O) groups excluding carboxylic acids is 2. The summed E-state index contributed by atoms with van der Waals surface area (Å²) in [6, 6.07) is 10.3. The predicted molar refractivity (Wildman–Crippen MR) is 100 cm³/mol. The quantitative estimate of drug-likeness (QED) is 0.836. The topological polar surface area (TPSA) is 75.4 Å².